The molecule has 1 amide bonds. The normalized spacial score (nSPS) is 11.3. The molecule has 1 heterocycles. The first-order chi connectivity index (χ1) is 12.8. The van der Waals surface area contributed by atoms with E-state index in [0.29, 0.717) is 61.4 Å². The number of amides is 1. The van der Waals surface area contributed by atoms with Crippen molar-refractivity contribution in [1.82, 2.24) is 10.1 Å². The molecule has 7 nitrogen and oxygen atoms in total. The van der Waals surface area contributed by atoms with Gasteiger partial charge >= 0.3 is 0 Å². The summed E-state index contributed by atoms with van der Waals surface area (Å²) >= 11 is 0. The van der Waals surface area contributed by atoms with E-state index in [1.54, 1.807) is 12.1 Å². The minimum atomic E-state index is -0.152. The van der Waals surface area contributed by atoms with Crippen LogP contribution in [0.15, 0.2) is 22.7 Å². The molecule has 0 bridgehead atoms. The summed E-state index contributed by atoms with van der Waals surface area (Å²) in [5.41, 5.74) is 0.459. The van der Waals surface area contributed by atoms with Crippen molar-refractivity contribution < 1.29 is 18.8 Å². The number of hydrogen-bond acceptors (Lipinski definition) is 6. The standard InChI is InChI=1S/C20H29N3O4/c1-6-25-14-11-12-16(26-7-2)15(13-14)21-17(24)9-8-10-18-22-19(23-27-18)20(3,4)5/h11-13H,6-10H2,1-5H3,(H,21,24). The maximum absolute atomic E-state index is 12.3. The van der Waals surface area contributed by atoms with Crippen LogP contribution in [0.5, 0.6) is 11.5 Å². The Morgan fingerprint density at radius 2 is 1.93 bits per heavy atom. The van der Waals surface area contributed by atoms with Crippen molar-refractivity contribution in [2.45, 2.75) is 59.3 Å². The minimum absolute atomic E-state index is 0.0971. The number of carbonyl (C=O) groups excluding carboxylic acids is 1. The minimum Gasteiger partial charge on any atom is -0.494 e. The second kappa shape index (κ2) is 9.39. The van der Waals surface area contributed by atoms with E-state index in [1.807, 2.05) is 40.7 Å². The third kappa shape index (κ3) is 6.27. The molecule has 1 N–H and O–H groups in total. The number of ether oxygens (including phenoxy) is 2. The number of nitrogens with one attached hydrogen (secondary N) is 1. The van der Waals surface area contributed by atoms with Gasteiger partial charge in [-0.25, -0.2) is 0 Å². The smallest absolute Gasteiger partial charge is 0.226 e. The van der Waals surface area contributed by atoms with Gasteiger partial charge in [0.2, 0.25) is 11.8 Å². The average molecular weight is 375 g/mol. The van der Waals surface area contributed by atoms with E-state index in [9.17, 15) is 4.79 Å². The van der Waals surface area contributed by atoms with Gasteiger partial charge in [0, 0.05) is 24.3 Å². The lowest BCUT2D eigenvalue weighted by molar-refractivity contribution is -0.116. The van der Waals surface area contributed by atoms with Crippen molar-refractivity contribution in [3.05, 3.63) is 29.9 Å². The molecule has 0 radical (unpaired) electrons. The Balaban J connectivity index is 1.91. The van der Waals surface area contributed by atoms with Gasteiger partial charge in [0.1, 0.15) is 11.5 Å². The van der Waals surface area contributed by atoms with E-state index >= 15 is 0 Å². The molecule has 0 saturated carbocycles. The van der Waals surface area contributed by atoms with Crippen molar-refractivity contribution in [1.29, 1.82) is 0 Å². The van der Waals surface area contributed by atoms with E-state index in [-0.39, 0.29) is 11.3 Å². The number of hydrogen-bond donors (Lipinski definition) is 1. The summed E-state index contributed by atoms with van der Waals surface area (Å²) in [6, 6.07) is 5.41. The summed E-state index contributed by atoms with van der Waals surface area (Å²) in [4.78, 5) is 16.7. The molecule has 0 atom stereocenters. The summed E-state index contributed by atoms with van der Waals surface area (Å²) in [5, 5.41) is 6.89. The quantitative estimate of drug-likeness (QED) is 0.709. The van der Waals surface area contributed by atoms with Gasteiger partial charge in [-0.05, 0) is 32.4 Å². The lowest BCUT2D eigenvalue weighted by Crippen LogP contribution is -2.14. The fourth-order valence-electron chi connectivity index (χ4n) is 2.42. The molecule has 0 aliphatic rings. The number of nitrogens with zero attached hydrogens (tertiary/aromatic N) is 2. The van der Waals surface area contributed by atoms with Crippen LogP contribution in [0.1, 0.15) is 59.2 Å². The molecule has 27 heavy (non-hydrogen) atoms. The molecule has 0 saturated heterocycles. The summed E-state index contributed by atoms with van der Waals surface area (Å²) in [5.74, 6) is 2.45. The Kier molecular flexibility index (Phi) is 7.21. The molecule has 0 unspecified atom stereocenters. The maximum Gasteiger partial charge on any atom is 0.226 e. The zero-order chi connectivity index (χ0) is 19.9. The van der Waals surface area contributed by atoms with Crippen LogP contribution in [0.3, 0.4) is 0 Å². The average Bonchev–Trinajstić information content (AvgIpc) is 3.07. The summed E-state index contributed by atoms with van der Waals surface area (Å²) < 4.78 is 16.3. The van der Waals surface area contributed by atoms with Gasteiger partial charge in [0.25, 0.3) is 0 Å². The van der Waals surface area contributed by atoms with E-state index in [0.717, 1.165) is 0 Å². The highest BCUT2D eigenvalue weighted by Gasteiger charge is 2.20. The Morgan fingerprint density at radius 1 is 1.19 bits per heavy atom. The van der Waals surface area contributed by atoms with Crippen LogP contribution >= 0.6 is 0 Å². The molecule has 1 aromatic carbocycles. The Labute approximate surface area is 160 Å². The third-order valence-corrected chi connectivity index (χ3v) is 3.77. The van der Waals surface area contributed by atoms with Crippen LogP contribution in [-0.4, -0.2) is 29.3 Å². The predicted molar refractivity (Wildman–Crippen MR) is 103 cm³/mol. The highest BCUT2D eigenvalue weighted by Crippen LogP contribution is 2.29. The van der Waals surface area contributed by atoms with Crippen LogP contribution in [0.4, 0.5) is 5.69 Å². The molecule has 1 aromatic heterocycles. The van der Waals surface area contributed by atoms with E-state index < -0.39 is 0 Å². The summed E-state index contributed by atoms with van der Waals surface area (Å²) in [7, 11) is 0. The molecule has 0 fully saturated rings. The van der Waals surface area contributed by atoms with Crippen molar-refractivity contribution in [2.24, 2.45) is 0 Å². The van der Waals surface area contributed by atoms with Crippen molar-refractivity contribution in [2.75, 3.05) is 18.5 Å². The second-order valence-corrected chi connectivity index (χ2v) is 7.19. The first-order valence-electron chi connectivity index (χ1n) is 9.36. The van der Waals surface area contributed by atoms with Gasteiger partial charge in [-0.2, -0.15) is 4.98 Å². The molecule has 2 aromatic rings. The highest BCUT2D eigenvalue weighted by atomic mass is 16.5. The number of rotatable bonds is 9. The number of benzene rings is 1. The molecular formula is C20H29N3O4. The van der Waals surface area contributed by atoms with Crippen LogP contribution in [0.25, 0.3) is 0 Å². The van der Waals surface area contributed by atoms with Crippen LogP contribution in [0, 0.1) is 0 Å². The van der Waals surface area contributed by atoms with E-state index in [1.165, 1.54) is 0 Å². The number of anilines is 1. The van der Waals surface area contributed by atoms with Gasteiger partial charge in [-0.15, -0.1) is 0 Å². The molecular weight excluding hydrogens is 346 g/mol. The largest absolute Gasteiger partial charge is 0.494 e. The Morgan fingerprint density at radius 3 is 2.56 bits per heavy atom. The van der Waals surface area contributed by atoms with E-state index in [2.05, 4.69) is 15.5 Å². The summed E-state index contributed by atoms with van der Waals surface area (Å²) in [6.45, 7) is 11.0. The Hall–Kier alpha value is -2.57. The number of aryl methyl sites for hydroxylation is 1. The van der Waals surface area contributed by atoms with Crippen LogP contribution < -0.4 is 14.8 Å². The van der Waals surface area contributed by atoms with Gasteiger partial charge in [0.15, 0.2) is 5.82 Å². The van der Waals surface area contributed by atoms with Crippen LogP contribution in [-0.2, 0) is 16.6 Å². The molecule has 0 aliphatic carbocycles. The molecule has 2 rings (SSSR count). The van der Waals surface area contributed by atoms with Gasteiger partial charge in [-0.1, -0.05) is 25.9 Å². The molecule has 0 aliphatic heterocycles. The van der Waals surface area contributed by atoms with Gasteiger partial charge in [-0.3, -0.25) is 4.79 Å². The topological polar surface area (TPSA) is 86.5 Å². The van der Waals surface area contributed by atoms with Crippen molar-refractivity contribution >= 4 is 11.6 Å². The number of aromatic nitrogens is 2. The zero-order valence-electron chi connectivity index (χ0n) is 16.8. The molecule has 0 spiro atoms. The molecule has 148 valence electrons. The zero-order valence-corrected chi connectivity index (χ0v) is 16.8. The van der Waals surface area contributed by atoms with Crippen molar-refractivity contribution in [3.63, 3.8) is 0 Å². The van der Waals surface area contributed by atoms with Gasteiger partial charge in [0.05, 0.1) is 18.9 Å². The lowest BCUT2D eigenvalue weighted by atomic mass is 9.96. The number of carbonyl (C=O) groups is 1. The Bertz CT molecular complexity index is 750. The maximum atomic E-state index is 12.3. The molecule has 7 heteroatoms. The first kappa shape index (κ1) is 20.7. The van der Waals surface area contributed by atoms with Crippen LogP contribution in [0.2, 0.25) is 0 Å². The predicted octanol–water partition coefficient (Wildman–Crippen LogP) is 4.13. The van der Waals surface area contributed by atoms with E-state index in [4.69, 9.17) is 14.0 Å². The summed E-state index contributed by atoms with van der Waals surface area (Å²) in [6.07, 6.45) is 1.53. The third-order valence-electron chi connectivity index (χ3n) is 3.77. The van der Waals surface area contributed by atoms with Crippen molar-refractivity contribution in [3.8, 4) is 11.5 Å². The fraction of sp³-hybridized carbons (Fsp3) is 0.550. The lowest BCUT2D eigenvalue weighted by Gasteiger charge is -2.13. The SMILES string of the molecule is CCOc1ccc(OCC)c(NC(=O)CCCc2nc(C(C)(C)C)no2)c1. The van der Waals surface area contributed by atoms with Gasteiger partial charge < -0.3 is 19.3 Å². The monoisotopic (exact) mass is 375 g/mol. The fourth-order valence-corrected chi connectivity index (χ4v) is 2.42. The first-order valence-corrected chi connectivity index (χ1v) is 9.36. The highest BCUT2D eigenvalue weighted by molar-refractivity contribution is 5.92. The second-order valence-electron chi connectivity index (χ2n) is 7.19.